The molecule has 1 aromatic carbocycles. The van der Waals surface area contributed by atoms with Gasteiger partial charge in [0, 0.05) is 12.1 Å². The average molecular weight is 219 g/mol. The highest BCUT2D eigenvalue weighted by molar-refractivity contribution is 5.97. The van der Waals surface area contributed by atoms with Crippen LogP contribution in [0.15, 0.2) is 18.2 Å². The third-order valence-electron chi connectivity index (χ3n) is 2.82. The van der Waals surface area contributed by atoms with Crippen molar-refractivity contribution in [1.82, 2.24) is 4.90 Å². The molecule has 0 atom stereocenters. The molecule has 0 aromatic heterocycles. The summed E-state index contributed by atoms with van der Waals surface area (Å²) in [5, 5.41) is 9.00. The zero-order valence-electron chi connectivity index (χ0n) is 8.85. The Morgan fingerprint density at radius 3 is 2.94 bits per heavy atom. The summed E-state index contributed by atoms with van der Waals surface area (Å²) >= 11 is 0. The third-order valence-corrected chi connectivity index (χ3v) is 2.82. The van der Waals surface area contributed by atoms with Crippen LogP contribution in [0.25, 0.3) is 0 Å². The molecule has 0 unspecified atom stereocenters. The van der Waals surface area contributed by atoms with E-state index in [4.69, 9.17) is 5.11 Å². The molecule has 16 heavy (non-hydrogen) atoms. The van der Waals surface area contributed by atoms with E-state index in [1.54, 1.807) is 12.1 Å². The largest absolute Gasteiger partial charge is 0.392 e. The third kappa shape index (κ3) is 1.84. The molecule has 2 rings (SSSR count). The number of carbonyl (C=O) groups is 2. The Labute approximate surface area is 93.5 Å². The number of aldehydes is 1. The van der Waals surface area contributed by atoms with Gasteiger partial charge >= 0.3 is 0 Å². The van der Waals surface area contributed by atoms with E-state index in [0.717, 1.165) is 23.8 Å². The number of rotatable bonds is 3. The molecule has 0 aliphatic carbocycles. The second kappa shape index (κ2) is 4.45. The lowest BCUT2D eigenvalue weighted by Crippen LogP contribution is -2.38. The fourth-order valence-corrected chi connectivity index (χ4v) is 1.95. The minimum atomic E-state index is -0.0992. The molecule has 0 spiro atoms. The van der Waals surface area contributed by atoms with Gasteiger partial charge in [0.15, 0.2) is 0 Å². The molecule has 0 saturated carbocycles. The Bertz CT molecular complexity index is 428. The summed E-state index contributed by atoms with van der Waals surface area (Å²) in [6.45, 7) is 0.707. The molecule has 0 radical (unpaired) electrons. The van der Waals surface area contributed by atoms with Gasteiger partial charge in [0.2, 0.25) is 0 Å². The van der Waals surface area contributed by atoms with Crippen molar-refractivity contribution in [1.29, 1.82) is 0 Å². The van der Waals surface area contributed by atoms with Crippen molar-refractivity contribution in [2.24, 2.45) is 0 Å². The van der Waals surface area contributed by atoms with Crippen molar-refractivity contribution < 1.29 is 14.7 Å². The standard InChI is InChI=1S/C12H13NO3/c14-6-5-13-4-3-10-7-9(8-15)1-2-11(10)12(13)16/h1-2,6-7,15H,3-5,8H2. The summed E-state index contributed by atoms with van der Waals surface area (Å²) in [6.07, 6.45) is 1.48. The van der Waals surface area contributed by atoms with Crippen molar-refractivity contribution in [3.8, 4) is 0 Å². The van der Waals surface area contributed by atoms with Gasteiger partial charge in [0.25, 0.3) is 5.91 Å². The number of aliphatic hydroxyl groups excluding tert-OH is 1. The Morgan fingerprint density at radius 1 is 1.44 bits per heavy atom. The van der Waals surface area contributed by atoms with Crippen molar-refractivity contribution in [3.63, 3.8) is 0 Å². The number of nitrogens with zero attached hydrogens (tertiary/aromatic N) is 1. The lowest BCUT2D eigenvalue weighted by atomic mass is 9.97. The van der Waals surface area contributed by atoms with E-state index < -0.39 is 0 Å². The van der Waals surface area contributed by atoms with Crippen LogP contribution >= 0.6 is 0 Å². The van der Waals surface area contributed by atoms with Crippen LogP contribution in [0.1, 0.15) is 21.5 Å². The van der Waals surface area contributed by atoms with Gasteiger partial charge in [-0.3, -0.25) is 4.79 Å². The lowest BCUT2D eigenvalue weighted by Gasteiger charge is -2.27. The van der Waals surface area contributed by atoms with Crippen LogP contribution in [0, 0.1) is 0 Å². The zero-order valence-corrected chi connectivity index (χ0v) is 8.85. The van der Waals surface area contributed by atoms with Gasteiger partial charge in [-0.1, -0.05) is 12.1 Å². The molecule has 0 saturated heterocycles. The number of hydrogen-bond donors (Lipinski definition) is 1. The van der Waals surface area contributed by atoms with E-state index in [-0.39, 0.29) is 19.1 Å². The van der Waals surface area contributed by atoms with Crippen molar-refractivity contribution in [3.05, 3.63) is 34.9 Å². The molecule has 1 N–H and O–H groups in total. The first kappa shape index (κ1) is 10.8. The van der Waals surface area contributed by atoms with E-state index in [9.17, 15) is 9.59 Å². The summed E-state index contributed by atoms with van der Waals surface area (Å²) in [5.41, 5.74) is 2.42. The van der Waals surface area contributed by atoms with Gasteiger partial charge in [0.1, 0.15) is 6.29 Å². The minimum absolute atomic E-state index is 0.0144. The van der Waals surface area contributed by atoms with Gasteiger partial charge in [-0.15, -0.1) is 0 Å². The van der Waals surface area contributed by atoms with E-state index in [2.05, 4.69) is 0 Å². The second-order valence-corrected chi connectivity index (χ2v) is 3.82. The van der Waals surface area contributed by atoms with Crippen LogP contribution in [0.5, 0.6) is 0 Å². The van der Waals surface area contributed by atoms with Crippen LogP contribution in [0.3, 0.4) is 0 Å². The maximum Gasteiger partial charge on any atom is 0.254 e. The highest BCUT2D eigenvalue weighted by Gasteiger charge is 2.23. The van der Waals surface area contributed by atoms with Crippen LogP contribution in [-0.2, 0) is 17.8 Å². The predicted octanol–water partition coefficient (Wildman–Crippen LogP) is 0.376. The Kier molecular flexibility index (Phi) is 3.01. The summed E-state index contributed by atoms with van der Waals surface area (Å²) in [6, 6.07) is 5.31. The van der Waals surface area contributed by atoms with Gasteiger partial charge in [-0.2, -0.15) is 0 Å². The number of amides is 1. The maximum absolute atomic E-state index is 11.9. The molecule has 84 valence electrons. The summed E-state index contributed by atoms with van der Waals surface area (Å²) < 4.78 is 0. The first-order valence-electron chi connectivity index (χ1n) is 5.22. The van der Waals surface area contributed by atoms with Gasteiger partial charge in [0.05, 0.1) is 13.2 Å². The Morgan fingerprint density at radius 2 is 2.25 bits per heavy atom. The van der Waals surface area contributed by atoms with Gasteiger partial charge in [-0.05, 0) is 23.6 Å². The Hall–Kier alpha value is -1.68. The monoisotopic (exact) mass is 219 g/mol. The van der Waals surface area contributed by atoms with Crippen LogP contribution in [0.4, 0.5) is 0 Å². The molecule has 0 fully saturated rings. The Balaban J connectivity index is 2.31. The SMILES string of the molecule is O=CCN1CCc2cc(CO)ccc2C1=O. The highest BCUT2D eigenvalue weighted by atomic mass is 16.3. The highest BCUT2D eigenvalue weighted by Crippen LogP contribution is 2.20. The van der Waals surface area contributed by atoms with E-state index >= 15 is 0 Å². The minimum Gasteiger partial charge on any atom is -0.392 e. The molecule has 1 amide bonds. The fourth-order valence-electron chi connectivity index (χ4n) is 1.95. The molecule has 1 aromatic rings. The number of benzene rings is 1. The summed E-state index contributed by atoms with van der Waals surface area (Å²) in [5.74, 6) is -0.0992. The molecule has 1 heterocycles. The first-order valence-corrected chi connectivity index (χ1v) is 5.22. The predicted molar refractivity (Wildman–Crippen MR) is 58.0 cm³/mol. The van der Waals surface area contributed by atoms with Crippen molar-refractivity contribution >= 4 is 12.2 Å². The second-order valence-electron chi connectivity index (χ2n) is 3.82. The molecular formula is C12H13NO3. The fraction of sp³-hybridized carbons (Fsp3) is 0.333. The smallest absolute Gasteiger partial charge is 0.254 e. The topological polar surface area (TPSA) is 57.6 Å². The van der Waals surface area contributed by atoms with Crippen LogP contribution < -0.4 is 0 Å². The number of aliphatic hydroxyl groups is 1. The maximum atomic E-state index is 11.9. The molecule has 1 aliphatic rings. The molecule has 1 aliphatic heterocycles. The molecule has 0 bridgehead atoms. The molecule has 4 nitrogen and oxygen atoms in total. The number of hydrogen-bond acceptors (Lipinski definition) is 3. The zero-order chi connectivity index (χ0) is 11.5. The van der Waals surface area contributed by atoms with Crippen molar-refractivity contribution in [2.45, 2.75) is 13.0 Å². The van der Waals surface area contributed by atoms with E-state index in [1.807, 2.05) is 6.07 Å². The quantitative estimate of drug-likeness (QED) is 0.747. The molecule has 4 heteroatoms. The van der Waals surface area contributed by atoms with E-state index in [1.165, 1.54) is 4.90 Å². The average Bonchev–Trinajstić information content (AvgIpc) is 2.32. The van der Waals surface area contributed by atoms with E-state index in [0.29, 0.717) is 12.1 Å². The van der Waals surface area contributed by atoms with Gasteiger partial charge in [-0.25, -0.2) is 0 Å². The van der Waals surface area contributed by atoms with Crippen LogP contribution in [-0.4, -0.2) is 35.3 Å². The first-order chi connectivity index (χ1) is 7.76. The number of carbonyl (C=O) groups excluding carboxylic acids is 2. The van der Waals surface area contributed by atoms with Crippen molar-refractivity contribution in [2.75, 3.05) is 13.1 Å². The normalized spacial score (nSPS) is 14.8. The van der Waals surface area contributed by atoms with Gasteiger partial charge < -0.3 is 14.8 Å². The van der Waals surface area contributed by atoms with Crippen LogP contribution in [0.2, 0.25) is 0 Å². The summed E-state index contributed by atoms with van der Waals surface area (Å²) in [4.78, 5) is 23.9. The summed E-state index contributed by atoms with van der Waals surface area (Å²) in [7, 11) is 0. The number of fused-ring (bicyclic) bond motifs is 1. The molecular weight excluding hydrogens is 206 g/mol. The lowest BCUT2D eigenvalue weighted by molar-refractivity contribution is -0.108.